The third-order valence-electron chi connectivity index (χ3n) is 1.09. The lowest BCUT2D eigenvalue weighted by Gasteiger charge is -1.99. The van der Waals surface area contributed by atoms with Crippen LogP contribution in [-0.4, -0.2) is 10.1 Å². The van der Waals surface area contributed by atoms with Gasteiger partial charge in [-0.05, 0) is 51.5 Å². The topological polar surface area (TPSA) is 33.1 Å². The fourth-order valence-corrected chi connectivity index (χ4v) is 1.36. The predicted molar refractivity (Wildman–Crippen MR) is 51.1 cm³/mol. The first-order valence-corrected chi connectivity index (χ1v) is 4.50. The molecule has 54 valence electrons. The molecule has 0 fully saturated rings. The van der Waals surface area contributed by atoms with Crippen LogP contribution in [0.1, 0.15) is 5.69 Å². The van der Waals surface area contributed by atoms with Crippen LogP contribution in [0.2, 0.25) is 0 Å². The number of halogens is 2. The number of aryl methyl sites for hydroxylation is 1. The number of rotatable bonds is 0. The molecule has 4 heteroatoms. The minimum absolute atomic E-state index is 0.220. The van der Waals surface area contributed by atoms with E-state index in [-0.39, 0.29) is 5.75 Å². The minimum Gasteiger partial charge on any atom is -0.505 e. The Bertz CT molecular complexity index is 214. The molecule has 0 spiro atoms. The van der Waals surface area contributed by atoms with Crippen LogP contribution in [-0.2, 0) is 0 Å². The molecule has 1 aromatic heterocycles. The molecular formula is C6H5BrINO. The van der Waals surface area contributed by atoms with Crippen molar-refractivity contribution in [2.24, 2.45) is 0 Å². The van der Waals surface area contributed by atoms with Gasteiger partial charge in [0.1, 0.15) is 9.45 Å². The van der Waals surface area contributed by atoms with E-state index < -0.39 is 0 Å². The Morgan fingerprint density at radius 2 is 2.30 bits per heavy atom. The molecule has 0 bridgehead atoms. The van der Waals surface area contributed by atoms with Gasteiger partial charge in [0.15, 0.2) is 0 Å². The SMILES string of the molecule is Cc1nc(I)c(O)cc1Br. The summed E-state index contributed by atoms with van der Waals surface area (Å²) in [6.45, 7) is 1.88. The van der Waals surface area contributed by atoms with Gasteiger partial charge < -0.3 is 5.11 Å². The molecule has 0 radical (unpaired) electrons. The molecule has 1 heterocycles. The molecule has 10 heavy (non-hydrogen) atoms. The highest BCUT2D eigenvalue weighted by atomic mass is 127. The first kappa shape index (κ1) is 8.26. The van der Waals surface area contributed by atoms with E-state index in [0.717, 1.165) is 10.2 Å². The molecule has 0 atom stereocenters. The normalized spacial score (nSPS) is 9.90. The third-order valence-corrected chi connectivity index (χ3v) is 2.68. The maximum Gasteiger partial charge on any atom is 0.148 e. The van der Waals surface area contributed by atoms with Crippen molar-refractivity contribution in [2.45, 2.75) is 6.92 Å². The van der Waals surface area contributed by atoms with Gasteiger partial charge in [0.25, 0.3) is 0 Å². The van der Waals surface area contributed by atoms with E-state index in [1.54, 1.807) is 6.07 Å². The first-order valence-electron chi connectivity index (χ1n) is 2.63. The van der Waals surface area contributed by atoms with Crippen LogP contribution in [0.5, 0.6) is 5.75 Å². The van der Waals surface area contributed by atoms with Crippen LogP contribution in [0.15, 0.2) is 10.5 Å². The van der Waals surface area contributed by atoms with Gasteiger partial charge in [-0.2, -0.15) is 0 Å². The van der Waals surface area contributed by atoms with E-state index in [9.17, 15) is 0 Å². The zero-order chi connectivity index (χ0) is 7.72. The number of pyridine rings is 1. The second kappa shape index (κ2) is 3.04. The average molecular weight is 314 g/mol. The van der Waals surface area contributed by atoms with E-state index in [2.05, 4.69) is 20.9 Å². The van der Waals surface area contributed by atoms with Gasteiger partial charge >= 0.3 is 0 Å². The molecule has 0 saturated heterocycles. The molecule has 2 nitrogen and oxygen atoms in total. The van der Waals surface area contributed by atoms with Crippen molar-refractivity contribution in [3.63, 3.8) is 0 Å². The van der Waals surface area contributed by atoms with Crippen molar-refractivity contribution in [3.05, 3.63) is 19.9 Å². The molecule has 1 rings (SSSR count). The zero-order valence-corrected chi connectivity index (χ0v) is 8.97. The fraction of sp³-hybridized carbons (Fsp3) is 0.167. The lowest BCUT2D eigenvalue weighted by atomic mass is 10.4. The average Bonchev–Trinajstić information content (AvgIpc) is 1.84. The summed E-state index contributed by atoms with van der Waals surface area (Å²) >= 11 is 5.24. The van der Waals surface area contributed by atoms with Crippen LogP contribution < -0.4 is 0 Å². The van der Waals surface area contributed by atoms with E-state index in [0.29, 0.717) is 3.70 Å². The fourth-order valence-electron chi connectivity index (χ4n) is 0.542. The van der Waals surface area contributed by atoms with Crippen molar-refractivity contribution in [3.8, 4) is 5.75 Å². The summed E-state index contributed by atoms with van der Waals surface area (Å²) in [5.74, 6) is 0.220. The Labute approximate surface area is 80.9 Å². The molecule has 0 aliphatic rings. The Kier molecular flexibility index (Phi) is 2.51. The highest BCUT2D eigenvalue weighted by Gasteiger charge is 2.02. The Morgan fingerprint density at radius 1 is 1.70 bits per heavy atom. The zero-order valence-electron chi connectivity index (χ0n) is 5.23. The summed E-state index contributed by atoms with van der Waals surface area (Å²) < 4.78 is 1.48. The Morgan fingerprint density at radius 3 is 2.80 bits per heavy atom. The van der Waals surface area contributed by atoms with Crippen LogP contribution in [0.25, 0.3) is 0 Å². The highest BCUT2D eigenvalue weighted by molar-refractivity contribution is 14.1. The molecule has 0 aromatic carbocycles. The van der Waals surface area contributed by atoms with E-state index >= 15 is 0 Å². The van der Waals surface area contributed by atoms with Crippen LogP contribution >= 0.6 is 38.5 Å². The van der Waals surface area contributed by atoms with Crippen LogP contribution in [0, 0.1) is 10.6 Å². The quantitative estimate of drug-likeness (QED) is 0.589. The second-order valence-corrected chi connectivity index (χ2v) is 3.74. The smallest absolute Gasteiger partial charge is 0.148 e. The lowest BCUT2D eigenvalue weighted by Crippen LogP contribution is -1.86. The van der Waals surface area contributed by atoms with Crippen molar-refractivity contribution in [2.75, 3.05) is 0 Å². The third kappa shape index (κ3) is 1.60. The molecule has 0 amide bonds. The van der Waals surface area contributed by atoms with E-state index in [4.69, 9.17) is 5.11 Å². The summed E-state index contributed by atoms with van der Waals surface area (Å²) in [6.07, 6.45) is 0. The summed E-state index contributed by atoms with van der Waals surface area (Å²) in [7, 11) is 0. The van der Waals surface area contributed by atoms with Crippen molar-refractivity contribution < 1.29 is 5.11 Å². The Hall–Kier alpha value is 0.160. The molecule has 1 aromatic rings. The maximum absolute atomic E-state index is 9.12. The summed E-state index contributed by atoms with van der Waals surface area (Å²) in [5, 5.41) is 9.12. The van der Waals surface area contributed by atoms with Gasteiger partial charge in [-0.3, -0.25) is 0 Å². The van der Waals surface area contributed by atoms with Gasteiger partial charge in [0.2, 0.25) is 0 Å². The number of aromatic nitrogens is 1. The van der Waals surface area contributed by atoms with Crippen LogP contribution in [0.4, 0.5) is 0 Å². The predicted octanol–water partition coefficient (Wildman–Crippen LogP) is 2.46. The maximum atomic E-state index is 9.12. The van der Waals surface area contributed by atoms with Crippen LogP contribution in [0.3, 0.4) is 0 Å². The van der Waals surface area contributed by atoms with Gasteiger partial charge in [-0.1, -0.05) is 0 Å². The van der Waals surface area contributed by atoms with Crippen molar-refractivity contribution in [1.82, 2.24) is 4.98 Å². The van der Waals surface area contributed by atoms with Gasteiger partial charge in [-0.15, -0.1) is 0 Å². The minimum atomic E-state index is 0.220. The standard InChI is InChI=1S/C6H5BrINO/c1-3-4(7)2-5(10)6(8)9-3/h2,10H,1H3. The summed E-state index contributed by atoms with van der Waals surface area (Å²) in [5.41, 5.74) is 0.891. The van der Waals surface area contributed by atoms with E-state index in [1.165, 1.54) is 0 Å². The molecule has 0 saturated carbocycles. The first-order chi connectivity index (χ1) is 4.61. The largest absolute Gasteiger partial charge is 0.505 e. The lowest BCUT2D eigenvalue weighted by molar-refractivity contribution is 0.467. The highest BCUT2D eigenvalue weighted by Crippen LogP contribution is 2.23. The van der Waals surface area contributed by atoms with Crippen molar-refractivity contribution in [1.29, 1.82) is 0 Å². The van der Waals surface area contributed by atoms with Gasteiger partial charge in [0, 0.05) is 4.47 Å². The number of hydrogen-bond donors (Lipinski definition) is 1. The number of nitrogens with zero attached hydrogens (tertiary/aromatic N) is 1. The molecule has 1 N–H and O–H groups in total. The van der Waals surface area contributed by atoms with E-state index in [1.807, 2.05) is 29.5 Å². The summed E-state index contributed by atoms with van der Waals surface area (Å²) in [4.78, 5) is 4.06. The van der Waals surface area contributed by atoms with Gasteiger partial charge in [0.05, 0.1) is 5.69 Å². The summed E-state index contributed by atoms with van der Waals surface area (Å²) in [6, 6.07) is 1.64. The number of aromatic hydroxyl groups is 1. The number of hydrogen-bond acceptors (Lipinski definition) is 2. The van der Waals surface area contributed by atoms with Crippen molar-refractivity contribution >= 4 is 38.5 Å². The second-order valence-electron chi connectivity index (χ2n) is 1.87. The van der Waals surface area contributed by atoms with Gasteiger partial charge in [-0.25, -0.2) is 4.98 Å². The molecule has 0 aliphatic carbocycles. The monoisotopic (exact) mass is 313 g/mol. The molecule has 0 unspecified atom stereocenters. The molecule has 0 aliphatic heterocycles. The Balaban J connectivity index is 3.28. The molecular weight excluding hydrogens is 309 g/mol.